The summed E-state index contributed by atoms with van der Waals surface area (Å²) in [7, 11) is 0.119. The molecule has 2 N–H and O–H groups in total. The molecule has 0 aliphatic carbocycles. The molecule has 0 spiro atoms. The van der Waals surface area contributed by atoms with Gasteiger partial charge in [-0.25, -0.2) is 4.39 Å². The molecular weight excluding hydrogens is 483 g/mol. The van der Waals surface area contributed by atoms with Crippen LogP contribution in [0.15, 0.2) is 36.4 Å². The van der Waals surface area contributed by atoms with Gasteiger partial charge in [-0.1, -0.05) is 25.7 Å². The molecule has 3 rings (SSSR count). The minimum Gasteiger partial charge on any atom is -0.497 e. The molecule has 1 atom stereocenters. The van der Waals surface area contributed by atoms with E-state index >= 15 is 0 Å². The summed E-state index contributed by atoms with van der Waals surface area (Å²) in [6.45, 7) is 6.94. The van der Waals surface area contributed by atoms with Crippen molar-refractivity contribution in [3.05, 3.63) is 58.9 Å². The van der Waals surface area contributed by atoms with Crippen LogP contribution >= 0.6 is 0 Å². The summed E-state index contributed by atoms with van der Waals surface area (Å²) < 4.78 is 30.5. The largest absolute Gasteiger partial charge is 0.497 e. The molecule has 0 bridgehead atoms. The number of carbonyl (C=O) groups excluding carboxylic acids is 3. The Morgan fingerprint density at radius 3 is 2.58 bits per heavy atom. The highest BCUT2D eigenvalue weighted by Gasteiger charge is 2.37. The van der Waals surface area contributed by atoms with Gasteiger partial charge in [0, 0.05) is 37.3 Å². The molecule has 1 aliphatic rings. The third kappa shape index (κ3) is 6.84. The predicted molar refractivity (Wildman–Crippen MR) is 135 cm³/mol. The predicted octanol–water partition coefficient (Wildman–Crippen LogP) is 3.88. The lowest BCUT2D eigenvalue weighted by molar-refractivity contribution is -0.143. The molecule has 0 aromatic heterocycles. The number of benzene rings is 2. The summed E-state index contributed by atoms with van der Waals surface area (Å²) in [6, 6.07) is 9.34. The van der Waals surface area contributed by atoms with Gasteiger partial charge in [-0.05, 0) is 36.7 Å². The van der Waals surface area contributed by atoms with Crippen molar-refractivity contribution < 1.29 is 33.0 Å². The van der Waals surface area contributed by atoms with Crippen LogP contribution < -0.4 is 15.2 Å². The fourth-order valence-corrected chi connectivity index (χ4v) is 4.60. The van der Waals surface area contributed by atoms with Crippen LogP contribution in [0.2, 0.25) is 25.7 Å². The Morgan fingerprint density at radius 1 is 1.19 bits per heavy atom. The van der Waals surface area contributed by atoms with Gasteiger partial charge in [0.25, 0.3) is 5.91 Å². The van der Waals surface area contributed by atoms with Crippen molar-refractivity contribution in [2.75, 3.05) is 13.7 Å². The first-order valence-corrected chi connectivity index (χ1v) is 15.5. The molecule has 2 aromatic carbocycles. The van der Waals surface area contributed by atoms with Crippen LogP contribution in [0.4, 0.5) is 4.39 Å². The van der Waals surface area contributed by atoms with E-state index in [0.29, 0.717) is 34.8 Å². The molecule has 36 heavy (non-hydrogen) atoms. The first kappa shape index (κ1) is 27.2. The van der Waals surface area contributed by atoms with Crippen molar-refractivity contribution in [3.8, 4) is 11.5 Å². The normalized spacial score (nSPS) is 13.8. The number of primary amides is 1. The monoisotopic (exact) mass is 516 g/mol. The number of nitrogens with zero attached hydrogens (tertiary/aromatic N) is 1. The summed E-state index contributed by atoms with van der Waals surface area (Å²) in [5, 5.41) is 0. The second-order valence-electron chi connectivity index (χ2n) is 9.95. The van der Waals surface area contributed by atoms with E-state index in [9.17, 15) is 18.8 Å². The number of rotatable bonds is 12. The summed E-state index contributed by atoms with van der Waals surface area (Å²) in [5.41, 5.74) is 6.90. The summed E-state index contributed by atoms with van der Waals surface area (Å²) in [6.07, 6.45) is 0.0353. The second-order valence-corrected chi connectivity index (χ2v) is 15.6. The van der Waals surface area contributed by atoms with E-state index < -0.39 is 31.8 Å². The highest BCUT2D eigenvalue weighted by atomic mass is 28.3. The SMILES string of the molecule is COc1ccc(COc2cccc3c2CN([C@H](CCC(=O)OCC[Si](C)(C)C)C(N)=O)C3=O)c(F)c1. The fraction of sp³-hybridized carbons (Fsp3) is 0.423. The molecule has 8 nitrogen and oxygen atoms in total. The average Bonchev–Trinajstić information content (AvgIpc) is 3.14. The summed E-state index contributed by atoms with van der Waals surface area (Å²) in [5.74, 6) is -1.15. The van der Waals surface area contributed by atoms with E-state index in [0.717, 1.165) is 6.04 Å². The Hall–Kier alpha value is -3.40. The number of fused-ring (bicyclic) bond motifs is 1. The number of hydrogen-bond donors (Lipinski definition) is 1. The maximum Gasteiger partial charge on any atom is 0.305 e. The van der Waals surface area contributed by atoms with Crippen LogP contribution in [0, 0.1) is 5.82 Å². The number of hydrogen-bond acceptors (Lipinski definition) is 6. The molecule has 0 saturated heterocycles. The van der Waals surface area contributed by atoms with Crippen molar-refractivity contribution in [1.29, 1.82) is 0 Å². The van der Waals surface area contributed by atoms with E-state index in [1.54, 1.807) is 30.3 Å². The van der Waals surface area contributed by atoms with E-state index in [1.165, 1.54) is 18.1 Å². The van der Waals surface area contributed by atoms with Crippen molar-refractivity contribution in [1.82, 2.24) is 4.90 Å². The van der Waals surface area contributed by atoms with Crippen LogP contribution in [-0.4, -0.2) is 50.5 Å². The van der Waals surface area contributed by atoms with E-state index in [4.69, 9.17) is 19.9 Å². The summed E-state index contributed by atoms with van der Waals surface area (Å²) in [4.78, 5) is 38.9. The van der Waals surface area contributed by atoms with Crippen molar-refractivity contribution in [3.63, 3.8) is 0 Å². The number of methoxy groups -OCH3 is 1. The molecular formula is C26H33FN2O6Si. The number of esters is 1. The third-order valence-electron chi connectivity index (χ3n) is 6.04. The molecule has 194 valence electrons. The van der Waals surface area contributed by atoms with Gasteiger partial charge >= 0.3 is 5.97 Å². The third-order valence-corrected chi connectivity index (χ3v) is 7.74. The molecule has 2 aromatic rings. The second kappa shape index (κ2) is 11.6. The molecule has 0 fully saturated rings. The van der Waals surface area contributed by atoms with Crippen molar-refractivity contribution in [2.24, 2.45) is 5.73 Å². The molecule has 0 radical (unpaired) electrons. The van der Waals surface area contributed by atoms with E-state index in [-0.39, 0.29) is 31.9 Å². The molecule has 1 heterocycles. The van der Waals surface area contributed by atoms with Crippen molar-refractivity contribution in [2.45, 2.75) is 57.7 Å². The van der Waals surface area contributed by atoms with Gasteiger partial charge in [0.15, 0.2) is 0 Å². The molecule has 1 aliphatic heterocycles. The quantitative estimate of drug-likeness (QED) is 0.339. The van der Waals surface area contributed by atoms with Crippen LogP contribution in [0.25, 0.3) is 0 Å². The van der Waals surface area contributed by atoms with Gasteiger partial charge in [-0.3, -0.25) is 14.4 Å². The number of ether oxygens (including phenoxy) is 3. The minimum atomic E-state index is -1.34. The Bertz CT molecular complexity index is 1130. The first-order chi connectivity index (χ1) is 17.0. The van der Waals surface area contributed by atoms with E-state index in [2.05, 4.69) is 19.6 Å². The Morgan fingerprint density at radius 2 is 1.94 bits per heavy atom. The Labute approximate surface area is 211 Å². The number of carbonyl (C=O) groups is 3. The number of halogens is 1. The number of amides is 2. The smallest absolute Gasteiger partial charge is 0.305 e. The Balaban J connectivity index is 1.66. The molecule has 10 heteroatoms. The van der Waals surface area contributed by atoms with Gasteiger partial charge < -0.3 is 24.8 Å². The van der Waals surface area contributed by atoms with E-state index in [1.807, 2.05) is 0 Å². The lowest BCUT2D eigenvalue weighted by Crippen LogP contribution is -2.45. The van der Waals surface area contributed by atoms with Gasteiger partial charge in [-0.2, -0.15) is 0 Å². The molecule has 2 amide bonds. The van der Waals surface area contributed by atoms with Gasteiger partial charge in [0.2, 0.25) is 5.91 Å². The zero-order valence-electron chi connectivity index (χ0n) is 21.1. The van der Waals surface area contributed by atoms with Crippen LogP contribution in [-0.2, 0) is 27.5 Å². The van der Waals surface area contributed by atoms with Crippen LogP contribution in [0.1, 0.15) is 34.3 Å². The standard InChI is InChI=1S/C26H33FN2O6Si/c1-33-18-9-8-17(21(27)14-18)16-35-23-7-5-6-19-20(23)15-29(26(19)32)22(25(28)31)10-11-24(30)34-12-13-36(2,3)4/h5-9,14,22H,10-13,15-16H2,1-4H3,(H2,28,31)/t22-/m1/s1. The topological polar surface area (TPSA) is 108 Å². The molecule has 0 saturated carbocycles. The lowest BCUT2D eigenvalue weighted by atomic mass is 10.1. The first-order valence-electron chi connectivity index (χ1n) is 11.8. The van der Waals surface area contributed by atoms with Crippen molar-refractivity contribution >= 4 is 25.9 Å². The Kier molecular flexibility index (Phi) is 8.73. The maximum atomic E-state index is 14.3. The van der Waals surface area contributed by atoms with Gasteiger partial charge in [0.05, 0.1) is 20.3 Å². The number of nitrogens with two attached hydrogens (primary N) is 1. The maximum absolute atomic E-state index is 14.3. The lowest BCUT2D eigenvalue weighted by Gasteiger charge is -2.25. The average molecular weight is 517 g/mol. The van der Waals surface area contributed by atoms with Gasteiger partial charge in [-0.15, -0.1) is 0 Å². The zero-order valence-corrected chi connectivity index (χ0v) is 22.1. The zero-order chi connectivity index (χ0) is 26.5. The van der Waals surface area contributed by atoms with Gasteiger partial charge in [0.1, 0.15) is 30.0 Å². The highest BCUT2D eigenvalue weighted by molar-refractivity contribution is 6.76. The fourth-order valence-electron chi connectivity index (χ4n) is 3.89. The van der Waals surface area contributed by atoms with Crippen LogP contribution in [0.5, 0.6) is 11.5 Å². The summed E-state index contributed by atoms with van der Waals surface area (Å²) >= 11 is 0. The molecule has 0 unspecified atom stereocenters. The van der Waals surface area contributed by atoms with Crippen LogP contribution in [0.3, 0.4) is 0 Å². The minimum absolute atomic E-state index is 0.0282. The highest BCUT2D eigenvalue weighted by Crippen LogP contribution is 2.33.